The van der Waals surface area contributed by atoms with Gasteiger partial charge >= 0.3 is 5.97 Å². The highest BCUT2D eigenvalue weighted by atomic mass is 32.2. The molecule has 5 atom stereocenters. The fraction of sp³-hybridized carbons (Fsp3) is 0.667. The van der Waals surface area contributed by atoms with Gasteiger partial charge in [0, 0.05) is 18.3 Å². The topological polar surface area (TPSA) is 237 Å². The molecule has 1 rings (SSSR count). The summed E-state index contributed by atoms with van der Waals surface area (Å²) in [5.41, 5.74) is 6.10. The SMILES string of the molecule is CSCC[C@H](NC(=O)[C@H](CC(C)C)NC(=O)[C@H](Cc1cnc[nH]1)NC(=O)CNC(=O)[C@@H](NC(=O)[C@H](C)N)C(C)C)C(=O)O. The van der Waals surface area contributed by atoms with Gasteiger partial charge in [0.25, 0.3) is 0 Å². The van der Waals surface area contributed by atoms with Crippen LogP contribution in [0.15, 0.2) is 12.5 Å². The molecule has 0 fully saturated rings. The van der Waals surface area contributed by atoms with Crippen LogP contribution in [0.4, 0.5) is 0 Å². The number of carboxylic acid groups (broad SMARTS) is 1. The highest BCUT2D eigenvalue weighted by molar-refractivity contribution is 7.98. The minimum absolute atomic E-state index is 0.00786. The lowest BCUT2D eigenvalue weighted by atomic mass is 10.0. The number of thioether (sulfide) groups is 1. The summed E-state index contributed by atoms with van der Waals surface area (Å²) in [6, 6.07) is -5.12. The van der Waals surface area contributed by atoms with Crippen molar-refractivity contribution in [2.45, 2.75) is 84.1 Å². The van der Waals surface area contributed by atoms with Crippen molar-refractivity contribution in [3.8, 4) is 0 Å². The van der Waals surface area contributed by atoms with E-state index in [1.54, 1.807) is 13.8 Å². The quantitative estimate of drug-likeness (QED) is 0.0922. The molecule has 0 aromatic carbocycles. The average molecular weight is 627 g/mol. The lowest BCUT2D eigenvalue weighted by Crippen LogP contribution is -2.58. The Kier molecular flexibility index (Phi) is 16.3. The van der Waals surface area contributed by atoms with Gasteiger partial charge in [0.1, 0.15) is 24.2 Å². The Hall–Kier alpha value is -3.66. The molecule has 1 aromatic heterocycles. The van der Waals surface area contributed by atoms with E-state index in [0.29, 0.717) is 11.4 Å². The number of nitrogens with one attached hydrogen (secondary N) is 6. The second kappa shape index (κ2) is 18.8. The number of aliphatic carboxylic acids is 1. The van der Waals surface area contributed by atoms with Gasteiger partial charge < -0.3 is 42.4 Å². The van der Waals surface area contributed by atoms with Crippen LogP contribution >= 0.6 is 11.8 Å². The molecule has 0 spiro atoms. The Labute approximate surface area is 256 Å². The maximum Gasteiger partial charge on any atom is 0.326 e. The fourth-order valence-corrected chi connectivity index (χ4v) is 4.38. The van der Waals surface area contributed by atoms with Gasteiger partial charge in [-0.2, -0.15) is 11.8 Å². The molecule has 0 bridgehead atoms. The number of imidazole rings is 1. The zero-order valence-corrected chi connectivity index (χ0v) is 26.4. The first-order chi connectivity index (χ1) is 20.2. The van der Waals surface area contributed by atoms with E-state index in [2.05, 4.69) is 36.6 Å². The van der Waals surface area contributed by atoms with Crippen molar-refractivity contribution in [2.24, 2.45) is 17.6 Å². The smallest absolute Gasteiger partial charge is 0.326 e. The summed E-state index contributed by atoms with van der Waals surface area (Å²) in [6.07, 6.45) is 5.13. The Morgan fingerprint density at radius 1 is 0.907 bits per heavy atom. The monoisotopic (exact) mass is 626 g/mol. The lowest BCUT2D eigenvalue weighted by Gasteiger charge is -2.26. The number of carbonyl (C=O) groups excluding carboxylic acids is 5. The van der Waals surface area contributed by atoms with Crippen molar-refractivity contribution in [3.63, 3.8) is 0 Å². The van der Waals surface area contributed by atoms with Gasteiger partial charge in [-0.25, -0.2) is 9.78 Å². The van der Waals surface area contributed by atoms with Crippen LogP contribution in [0, 0.1) is 11.8 Å². The first-order valence-electron chi connectivity index (χ1n) is 14.1. The number of H-pyrrole nitrogens is 1. The maximum atomic E-state index is 13.4. The summed E-state index contributed by atoms with van der Waals surface area (Å²) < 4.78 is 0. The van der Waals surface area contributed by atoms with Crippen LogP contribution in [0.3, 0.4) is 0 Å². The molecule has 242 valence electrons. The number of aromatic nitrogens is 2. The van der Waals surface area contributed by atoms with E-state index < -0.39 is 72.3 Å². The molecule has 9 N–H and O–H groups in total. The van der Waals surface area contributed by atoms with E-state index in [1.807, 2.05) is 20.1 Å². The number of amides is 5. The zero-order valence-electron chi connectivity index (χ0n) is 25.6. The van der Waals surface area contributed by atoms with Gasteiger partial charge in [-0.1, -0.05) is 27.7 Å². The molecule has 0 radical (unpaired) electrons. The summed E-state index contributed by atoms with van der Waals surface area (Å²) in [6.45, 7) is 8.14. The van der Waals surface area contributed by atoms with Crippen molar-refractivity contribution >= 4 is 47.3 Å². The minimum Gasteiger partial charge on any atom is -0.480 e. The number of nitrogens with two attached hydrogens (primary N) is 1. The predicted molar refractivity (Wildman–Crippen MR) is 162 cm³/mol. The molecule has 0 saturated heterocycles. The molecule has 5 amide bonds. The first kappa shape index (κ1) is 37.4. The van der Waals surface area contributed by atoms with Crippen molar-refractivity contribution in [2.75, 3.05) is 18.6 Å². The van der Waals surface area contributed by atoms with E-state index >= 15 is 0 Å². The molecule has 0 aliphatic carbocycles. The van der Waals surface area contributed by atoms with E-state index in [1.165, 1.54) is 31.2 Å². The van der Waals surface area contributed by atoms with Crippen LogP contribution in [-0.4, -0.2) is 99.3 Å². The summed E-state index contributed by atoms with van der Waals surface area (Å²) >= 11 is 1.44. The third-order valence-corrected chi connectivity index (χ3v) is 6.92. The Morgan fingerprint density at radius 2 is 1.53 bits per heavy atom. The molecule has 43 heavy (non-hydrogen) atoms. The third kappa shape index (κ3) is 13.9. The Morgan fingerprint density at radius 3 is 2.05 bits per heavy atom. The van der Waals surface area contributed by atoms with Gasteiger partial charge in [0.05, 0.1) is 18.9 Å². The van der Waals surface area contributed by atoms with Crippen LogP contribution in [0.2, 0.25) is 0 Å². The van der Waals surface area contributed by atoms with E-state index in [9.17, 15) is 33.9 Å². The van der Waals surface area contributed by atoms with E-state index in [4.69, 9.17) is 5.73 Å². The number of carboxylic acids is 1. The van der Waals surface area contributed by atoms with Crippen LogP contribution < -0.4 is 32.3 Å². The van der Waals surface area contributed by atoms with Crippen molar-refractivity contribution in [3.05, 3.63) is 18.2 Å². The van der Waals surface area contributed by atoms with Crippen molar-refractivity contribution in [1.29, 1.82) is 0 Å². The largest absolute Gasteiger partial charge is 0.480 e. The second-order valence-corrected chi connectivity index (χ2v) is 12.0. The minimum atomic E-state index is -1.18. The van der Waals surface area contributed by atoms with E-state index in [0.717, 1.165) is 0 Å². The average Bonchev–Trinajstić information content (AvgIpc) is 3.44. The van der Waals surface area contributed by atoms with Gasteiger partial charge in [0.15, 0.2) is 0 Å². The molecular weight excluding hydrogens is 580 g/mol. The summed E-state index contributed by atoms with van der Waals surface area (Å²) in [4.78, 5) is 82.5. The Balaban J connectivity index is 3.01. The number of hydrogen-bond acceptors (Lipinski definition) is 9. The van der Waals surface area contributed by atoms with Gasteiger partial charge in [-0.3, -0.25) is 24.0 Å². The first-order valence-corrected chi connectivity index (χ1v) is 15.5. The normalized spacial score (nSPS) is 14.6. The van der Waals surface area contributed by atoms with Crippen LogP contribution in [-0.2, 0) is 35.2 Å². The molecule has 0 unspecified atom stereocenters. The van der Waals surface area contributed by atoms with Crippen LogP contribution in [0.1, 0.15) is 53.2 Å². The zero-order chi connectivity index (χ0) is 32.7. The van der Waals surface area contributed by atoms with Crippen LogP contribution in [0.5, 0.6) is 0 Å². The fourth-order valence-electron chi connectivity index (χ4n) is 3.91. The Bertz CT molecular complexity index is 1080. The van der Waals surface area contributed by atoms with Crippen molar-refractivity contribution in [1.82, 2.24) is 36.6 Å². The molecular formula is C27H46N8O7S. The summed E-state index contributed by atoms with van der Waals surface area (Å²) in [7, 11) is 0. The van der Waals surface area contributed by atoms with Gasteiger partial charge in [-0.15, -0.1) is 0 Å². The number of nitrogens with zero attached hydrogens (tertiary/aromatic N) is 1. The molecule has 1 heterocycles. The van der Waals surface area contributed by atoms with Gasteiger partial charge in [-0.05, 0) is 43.6 Å². The molecule has 1 aromatic rings. The highest BCUT2D eigenvalue weighted by Gasteiger charge is 2.31. The third-order valence-electron chi connectivity index (χ3n) is 6.28. The number of carbonyl (C=O) groups is 6. The molecule has 16 heteroatoms. The number of rotatable bonds is 19. The predicted octanol–water partition coefficient (Wildman–Crippen LogP) is -1.11. The highest BCUT2D eigenvalue weighted by Crippen LogP contribution is 2.09. The van der Waals surface area contributed by atoms with Crippen molar-refractivity contribution < 1.29 is 33.9 Å². The van der Waals surface area contributed by atoms with E-state index in [-0.39, 0.29) is 31.1 Å². The molecule has 0 saturated carbocycles. The summed E-state index contributed by atoms with van der Waals surface area (Å²) in [5.74, 6) is -4.14. The molecule has 0 aliphatic heterocycles. The maximum absolute atomic E-state index is 13.4. The summed E-state index contributed by atoms with van der Waals surface area (Å²) in [5, 5.41) is 22.3. The van der Waals surface area contributed by atoms with Crippen LogP contribution in [0.25, 0.3) is 0 Å². The second-order valence-electron chi connectivity index (χ2n) is 11.0. The number of aromatic amines is 1. The number of hydrogen-bond donors (Lipinski definition) is 8. The van der Waals surface area contributed by atoms with Gasteiger partial charge in [0.2, 0.25) is 29.5 Å². The molecule has 0 aliphatic rings. The standard InChI is InChI=1S/C27H46N8O7S/c1-14(2)9-19(24(38)33-18(27(41)42)7-8-43-6)34-25(39)20(10-17-11-29-13-31-17)32-21(36)12-30-26(40)22(15(3)4)35-23(37)16(5)28/h11,13-16,18-20,22H,7-10,12,28H2,1-6H3,(H,29,31)(H,30,40)(H,32,36)(H,33,38)(H,34,39)(H,35,37)(H,41,42)/t16-,18-,19-,20-,22-/m0/s1. The lowest BCUT2D eigenvalue weighted by molar-refractivity contribution is -0.142. The molecule has 15 nitrogen and oxygen atoms in total.